The van der Waals surface area contributed by atoms with E-state index in [4.69, 9.17) is 0 Å². The third-order valence-corrected chi connectivity index (χ3v) is 4.74. The summed E-state index contributed by atoms with van der Waals surface area (Å²) >= 11 is 0. The van der Waals surface area contributed by atoms with Gasteiger partial charge in [0.1, 0.15) is 5.69 Å². The molecule has 0 amide bonds. The molecular formula is C13H14F2N2O4S. The van der Waals surface area contributed by atoms with Crippen molar-refractivity contribution in [3.8, 4) is 0 Å². The van der Waals surface area contributed by atoms with Crippen molar-refractivity contribution >= 4 is 21.2 Å². The predicted molar refractivity (Wildman–Crippen MR) is 76.7 cm³/mol. The zero-order chi connectivity index (χ0) is 16.3. The summed E-state index contributed by atoms with van der Waals surface area (Å²) < 4.78 is 47.9. The number of anilines is 1. The van der Waals surface area contributed by atoms with Gasteiger partial charge in [-0.25, -0.2) is 8.42 Å². The zero-order valence-corrected chi connectivity index (χ0v) is 12.2. The molecule has 22 heavy (non-hydrogen) atoms. The van der Waals surface area contributed by atoms with Crippen LogP contribution in [0.5, 0.6) is 0 Å². The van der Waals surface area contributed by atoms with Crippen LogP contribution in [0.15, 0.2) is 35.2 Å². The monoisotopic (exact) mass is 332 g/mol. The van der Waals surface area contributed by atoms with Crippen LogP contribution in [0.1, 0.15) is 19.3 Å². The van der Waals surface area contributed by atoms with Crippen LogP contribution in [-0.2, 0) is 9.84 Å². The lowest BCUT2D eigenvalue weighted by molar-refractivity contribution is -0.384. The summed E-state index contributed by atoms with van der Waals surface area (Å²) in [5.74, 6) is -3.62. The fraction of sp³-hybridized carbons (Fsp3) is 0.385. The molecule has 9 heteroatoms. The van der Waals surface area contributed by atoms with Crippen LogP contribution in [-0.4, -0.2) is 25.1 Å². The number of sulfone groups is 1. The number of nitro groups is 1. The summed E-state index contributed by atoms with van der Waals surface area (Å²) in [7, 11) is -4.86. The second kappa shape index (κ2) is 6.39. The fourth-order valence-corrected chi connectivity index (χ4v) is 2.95. The van der Waals surface area contributed by atoms with Crippen molar-refractivity contribution in [1.82, 2.24) is 0 Å². The molecule has 0 fully saturated rings. The van der Waals surface area contributed by atoms with E-state index in [1.165, 1.54) is 0 Å². The lowest BCUT2D eigenvalue weighted by Gasteiger charge is -2.20. The number of rotatable bonds is 5. The van der Waals surface area contributed by atoms with Crippen LogP contribution in [0, 0.1) is 10.1 Å². The third-order valence-electron chi connectivity index (χ3n) is 3.36. The average Bonchev–Trinajstić information content (AvgIpc) is 2.48. The number of halogens is 2. The van der Waals surface area contributed by atoms with Crippen LogP contribution in [0.25, 0.3) is 0 Å². The topological polar surface area (TPSA) is 89.3 Å². The van der Waals surface area contributed by atoms with Crippen molar-refractivity contribution < 1.29 is 22.1 Å². The summed E-state index contributed by atoms with van der Waals surface area (Å²) in [6.07, 6.45) is 6.26. The molecule has 1 aromatic rings. The number of allylic oxidation sites excluding steroid dienone is 1. The first-order chi connectivity index (χ1) is 10.3. The van der Waals surface area contributed by atoms with Gasteiger partial charge in [-0.3, -0.25) is 10.1 Å². The first kappa shape index (κ1) is 16.3. The van der Waals surface area contributed by atoms with Gasteiger partial charge in [0.25, 0.3) is 5.69 Å². The highest BCUT2D eigenvalue weighted by atomic mass is 32.2. The highest BCUT2D eigenvalue weighted by Crippen LogP contribution is 2.31. The Labute approximate surface area is 125 Å². The molecule has 0 spiro atoms. The molecule has 0 saturated heterocycles. The maximum absolute atomic E-state index is 12.5. The number of nitrogens with zero attached hydrogens (tertiary/aromatic N) is 1. The number of hydrogen-bond acceptors (Lipinski definition) is 5. The molecule has 1 atom stereocenters. The van der Waals surface area contributed by atoms with E-state index in [-0.39, 0.29) is 11.7 Å². The minimum atomic E-state index is -4.86. The number of benzene rings is 1. The van der Waals surface area contributed by atoms with Crippen LogP contribution < -0.4 is 5.32 Å². The van der Waals surface area contributed by atoms with E-state index in [1.807, 2.05) is 12.2 Å². The SMILES string of the molecule is O=[N+]([O-])c1cc(S(=O)(=O)C(F)F)ccc1NC1CC=CCC1. The smallest absolute Gasteiger partial charge is 0.341 e. The second-order valence-corrected chi connectivity index (χ2v) is 6.79. The summed E-state index contributed by atoms with van der Waals surface area (Å²) in [6.45, 7) is 0. The Kier molecular flexibility index (Phi) is 4.74. The van der Waals surface area contributed by atoms with Gasteiger partial charge in [-0.2, -0.15) is 8.78 Å². The summed E-state index contributed by atoms with van der Waals surface area (Å²) in [6, 6.07) is 2.77. The highest BCUT2D eigenvalue weighted by molar-refractivity contribution is 7.91. The van der Waals surface area contributed by atoms with Gasteiger partial charge in [0, 0.05) is 12.1 Å². The summed E-state index contributed by atoms with van der Waals surface area (Å²) in [5, 5.41) is 14.0. The van der Waals surface area contributed by atoms with Crippen LogP contribution in [0.4, 0.5) is 20.2 Å². The van der Waals surface area contributed by atoms with Crippen LogP contribution in [0.3, 0.4) is 0 Å². The van der Waals surface area contributed by atoms with E-state index in [0.717, 1.165) is 25.0 Å². The predicted octanol–water partition coefficient (Wildman–Crippen LogP) is 3.11. The van der Waals surface area contributed by atoms with E-state index >= 15 is 0 Å². The van der Waals surface area contributed by atoms with Gasteiger partial charge < -0.3 is 5.32 Å². The standard InChI is InChI=1S/C13H14F2N2O4S/c14-13(15)22(20,21)10-6-7-11(12(8-10)17(18)19)16-9-4-2-1-3-5-9/h1-2,6-9,13,16H,3-5H2. The van der Waals surface area contributed by atoms with Crippen LogP contribution in [0.2, 0.25) is 0 Å². The molecule has 1 N–H and O–H groups in total. The molecule has 0 heterocycles. The minimum Gasteiger partial charge on any atom is -0.376 e. The number of alkyl halides is 2. The average molecular weight is 332 g/mol. The fourth-order valence-electron chi connectivity index (χ4n) is 2.21. The van der Waals surface area contributed by atoms with E-state index in [9.17, 15) is 27.3 Å². The van der Waals surface area contributed by atoms with E-state index in [0.29, 0.717) is 12.5 Å². The quantitative estimate of drug-likeness (QED) is 0.508. The van der Waals surface area contributed by atoms with Gasteiger partial charge in [0.2, 0.25) is 9.84 Å². The normalized spacial score (nSPS) is 18.4. The largest absolute Gasteiger partial charge is 0.376 e. The van der Waals surface area contributed by atoms with Gasteiger partial charge in [0.05, 0.1) is 9.82 Å². The lowest BCUT2D eigenvalue weighted by atomic mass is 10.0. The van der Waals surface area contributed by atoms with Gasteiger partial charge in [-0.15, -0.1) is 0 Å². The van der Waals surface area contributed by atoms with Crippen molar-refractivity contribution in [3.05, 3.63) is 40.5 Å². The number of nitro benzene ring substituents is 1. The molecule has 2 rings (SSSR count). The molecule has 1 aliphatic carbocycles. The van der Waals surface area contributed by atoms with E-state index in [2.05, 4.69) is 5.32 Å². The Balaban J connectivity index is 2.36. The van der Waals surface area contributed by atoms with Crippen molar-refractivity contribution in [2.75, 3.05) is 5.32 Å². The Hall–Kier alpha value is -2.03. The summed E-state index contributed by atoms with van der Waals surface area (Å²) in [5.41, 5.74) is -0.408. The van der Waals surface area contributed by atoms with E-state index in [1.54, 1.807) is 0 Å². The highest BCUT2D eigenvalue weighted by Gasteiger charge is 2.29. The Morgan fingerprint density at radius 3 is 2.59 bits per heavy atom. The van der Waals surface area contributed by atoms with Gasteiger partial charge in [0.15, 0.2) is 0 Å². The van der Waals surface area contributed by atoms with Gasteiger partial charge in [-0.1, -0.05) is 12.2 Å². The molecule has 0 radical (unpaired) electrons. The number of nitrogens with one attached hydrogen (secondary N) is 1. The van der Waals surface area contributed by atoms with E-state index < -0.39 is 31.1 Å². The molecule has 1 unspecified atom stereocenters. The molecule has 0 aromatic heterocycles. The Morgan fingerprint density at radius 2 is 2.05 bits per heavy atom. The maximum Gasteiger partial charge on any atom is 0.341 e. The van der Waals surface area contributed by atoms with Gasteiger partial charge in [-0.05, 0) is 31.4 Å². The molecular weight excluding hydrogens is 318 g/mol. The van der Waals surface area contributed by atoms with Crippen LogP contribution >= 0.6 is 0 Å². The first-order valence-electron chi connectivity index (χ1n) is 6.54. The second-order valence-electron chi connectivity index (χ2n) is 4.87. The van der Waals surface area contributed by atoms with Crippen molar-refractivity contribution in [3.63, 3.8) is 0 Å². The number of hydrogen-bond donors (Lipinski definition) is 1. The molecule has 6 nitrogen and oxygen atoms in total. The minimum absolute atomic E-state index is 0.0127. The maximum atomic E-state index is 12.5. The molecule has 0 bridgehead atoms. The lowest BCUT2D eigenvalue weighted by Crippen LogP contribution is -2.21. The Morgan fingerprint density at radius 1 is 1.32 bits per heavy atom. The van der Waals surface area contributed by atoms with Crippen molar-refractivity contribution in [2.24, 2.45) is 0 Å². The third kappa shape index (κ3) is 3.41. The molecule has 1 aliphatic rings. The molecule has 0 aliphatic heterocycles. The van der Waals surface area contributed by atoms with Gasteiger partial charge >= 0.3 is 5.76 Å². The molecule has 1 aromatic carbocycles. The zero-order valence-electron chi connectivity index (χ0n) is 11.4. The molecule has 120 valence electrons. The molecule has 0 saturated carbocycles. The Bertz CT molecular complexity index is 704. The van der Waals surface area contributed by atoms with Crippen molar-refractivity contribution in [2.45, 2.75) is 36.0 Å². The van der Waals surface area contributed by atoms with Crippen molar-refractivity contribution in [1.29, 1.82) is 0 Å². The first-order valence-corrected chi connectivity index (χ1v) is 8.09. The summed E-state index contributed by atoms with van der Waals surface area (Å²) in [4.78, 5) is 9.53.